The maximum Gasteiger partial charge on any atom is 0.0499 e. The van der Waals surface area contributed by atoms with E-state index in [1.54, 1.807) is 0 Å². The van der Waals surface area contributed by atoms with Gasteiger partial charge >= 0.3 is 0 Å². The summed E-state index contributed by atoms with van der Waals surface area (Å²) < 4.78 is 0. The third-order valence-electron chi connectivity index (χ3n) is 4.00. The zero-order valence-corrected chi connectivity index (χ0v) is 11.8. The number of hydrogen-bond acceptors (Lipinski definition) is 3. The van der Waals surface area contributed by atoms with E-state index in [-0.39, 0.29) is 18.6 Å². The van der Waals surface area contributed by atoms with Crippen LogP contribution in [0.3, 0.4) is 0 Å². The highest BCUT2D eigenvalue weighted by atomic mass is 16.3. The molecule has 3 N–H and O–H groups in total. The second-order valence-electron chi connectivity index (χ2n) is 5.16. The van der Waals surface area contributed by atoms with Crippen LogP contribution < -0.4 is 5.32 Å². The van der Waals surface area contributed by atoms with Crippen LogP contribution in [0.25, 0.3) is 0 Å². The van der Waals surface area contributed by atoms with Crippen LogP contribution in [-0.4, -0.2) is 36.5 Å². The third-order valence-corrected chi connectivity index (χ3v) is 4.00. The van der Waals surface area contributed by atoms with Gasteiger partial charge in [0.2, 0.25) is 0 Å². The molecule has 0 radical (unpaired) electrons. The van der Waals surface area contributed by atoms with E-state index in [0.717, 1.165) is 38.8 Å². The largest absolute Gasteiger partial charge is 0.396 e. The summed E-state index contributed by atoms with van der Waals surface area (Å²) in [7, 11) is 0. The molecular weight excluding hydrogens is 214 g/mol. The minimum Gasteiger partial charge on any atom is -0.396 e. The molecule has 0 spiro atoms. The first-order chi connectivity index (χ1) is 8.17. The van der Waals surface area contributed by atoms with Gasteiger partial charge in [0, 0.05) is 25.2 Å². The molecule has 0 saturated heterocycles. The quantitative estimate of drug-likeness (QED) is 0.523. The Bertz CT molecular complexity index is 155. The second-order valence-corrected chi connectivity index (χ2v) is 5.16. The fraction of sp³-hybridized carbons (Fsp3) is 1.00. The predicted octanol–water partition coefficient (Wildman–Crippen LogP) is 2.17. The van der Waals surface area contributed by atoms with E-state index < -0.39 is 0 Å². The van der Waals surface area contributed by atoms with Crippen molar-refractivity contribution in [3.8, 4) is 0 Å². The van der Waals surface area contributed by atoms with Crippen LogP contribution in [0, 0.1) is 11.3 Å². The molecule has 0 fully saturated rings. The lowest BCUT2D eigenvalue weighted by Crippen LogP contribution is -2.38. The topological polar surface area (TPSA) is 52.5 Å². The Morgan fingerprint density at radius 3 is 2.12 bits per heavy atom. The van der Waals surface area contributed by atoms with Crippen LogP contribution in [0.15, 0.2) is 0 Å². The van der Waals surface area contributed by atoms with Gasteiger partial charge in [-0.05, 0) is 38.1 Å². The third kappa shape index (κ3) is 6.39. The SMILES string of the molecule is CCCC(CCO)CNCC(CC)(CC)CO. The average Bonchev–Trinajstić information content (AvgIpc) is 2.36. The summed E-state index contributed by atoms with van der Waals surface area (Å²) >= 11 is 0. The minimum atomic E-state index is 0.0377. The predicted molar refractivity (Wildman–Crippen MR) is 73.1 cm³/mol. The van der Waals surface area contributed by atoms with Crippen molar-refractivity contribution in [3.63, 3.8) is 0 Å². The summed E-state index contributed by atoms with van der Waals surface area (Å²) in [5.41, 5.74) is 0.0377. The second kappa shape index (κ2) is 9.86. The Labute approximate surface area is 107 Å². The Hall–Kier alpha value is -0.120. The van der Waals surface area contributed by atoms with Crippen molar-refractivity contribution in [2.75, 3.05) is 26.3 Å². The molecule has 0 aliphatic rings. The zero-order valence-electron chi connectivity index (χ0n) is 11.8. The van der Waals surface area contributed by atoms with Gasteiger partial charge in [0.1, 0.15) is 0 Å². The van der Waals surface area contributed by atoms with Gasteiger partial charge in [-0.15, -0.1) is 0 Å². The molecule has 0 rings (SSSR count). The van der Waals surface area contributed by atoms with Crippen molar-refractivity contribution in [2.45, 2.75) is 52.9 Å². The molecule has 3 heteroatoms. The van der Waals surface area contributed by atoms with Gasteiger partial charge in [0.05, 0.1) is 0 Å². The Kier molecular flexibility index (Phi) is 9.79. The normalized spacial score (nSPS) is 13.9. The summed E-state index contributed by atoms with van der Waals surface area (Å²) in [6.07, 6.45) is 5.22. The smallest absolute Gasteiger partial charge is 0.0499 e. The molecule has 0 aliphatic heterocycles. The van der Waals surface area contributed by atoms with Crippen molar-refractivity contribution in [1.29, 1.82) is 0 Å². The van der Waals surface area contributed by atoms with Gasteiger partial charge in [-0.2, -0.15) is 0 Å². The lowest BCUT2D eigenvalue weighted by molar-refractivity contribution is 0.111. The fourth-order valence-corrected chi connectivity index (χ4v) is 2.26. The summed E-state index contributed by atoms with van der Waals surface area (Å²) in [6, 6.07) is 0. The molecule has 17 heavy (non-hydrogen) atoms. The summed E-state index contributed by atoms with van der Waals surface area (Å²) in [5.74, 6) is 0.565. The standard InChI is InChI=1S/C14H31NO2/c1-4-7-13(8-9-16)10-15-11-14(5-2,6-3)12-17/h13,15-17H,4-12H2,1-3H3. The van der Waals surface area contributed by atoms with Gasteiger partial charge in [-0.25, -0.2) is 0 Å². The Balaban J connectivity index is 3.99. The highest BCUT2D eigenvalue weighted by molar-refractivity contribution is 4.78. The molecule has 0 aliphatic carbocycles. The summed E-state index contributed by atoms with van der Waals surface area (Å²) in [4.78, 5) is 0. The monoisotopic (exact) mass is 245 g/mol. The van der Waals surface area contributed by atoms with Crippen molar-refractivity contribution in [2.24, 2.45) is 11.3 Å². The lowest BCUT2D eigenvalue weighted by atomic mass is 9.83. The first kappa shape index (κ1) is 16.9. The molecule has 0 saturated carbocycles. The first-order valence-electron chi connectivity index (χ1n) is 7.10. The van der Waals surface area contributed by atoms with E-state index in [0.29, 0.717) is 5.92 Å². The maximum absolute atomic E-state index is 9.47. The van der Waals surface area contributed by atoms with Gasteiger partial charge in [0.15, 0.2) is 0 Å². The maximum atomic E-state index is 9.47. The molecule has 104 valence electrons. The molecule has 1 atom stereocenters. The highest BCUT2D eigenvalue weighted by Gasteiger charge is 2.24. The molecule has 0 bridgehead atoms. The first-order valence-corrected chi connectivity index (χ1v) is 7.10. The lowest BCUT2D eigenvalue weighted by Gasteiger charge is -2.30. The van der Waals surface area contributed by atoms with Crippen LogP contribution in [0.1, 0.15) is 52.9 Å². The number of nitrogens with one attached hydrogen (secondary N) is 1. The highest BCUT2D eigenvalue weighted by Crippen LogP contribution is 2.24. The number of rotatable bonds is 11. The van der Waals surface area contributed by atoms with Crippen LogP contribution in [-0.2, 0) is 0 Å². The van der Waals surface area contributed by atoms with E-state index in [1.807, 2.05) is 0 Å². The number of aliphatic hydroxyl groups excluding tert-OH is 2. The molecule has 0 amide bonds. The van der Waals surface area contributed by atoms with E-state index in [1.165, 1.54) is 6.42 Å². The molecule has 1 unspecified atom stereocenters. The molecular formula is C14H31NO2. The minimum absolute atomic E-state index is 0.0377. The van der Waals surface area contributed by atoms with E-state index in [9.17, 15) is 5.11 Å². The van der Waals surface area contributed by atoms with Crippen molar-refractivity contribution in [1.82, 2.24) is 5.32 Å². The summed E-state index contributed by atoms with van der Waals surface area (Å²) in [5, 5.41) is 21.9. The molecule has 3 nitrogen and oxygen atoms in total. The summed E-state index contributed by atoms with van der Waals surface area (Å²) in [6.45, 7) is 8.82. The van der Waals surface area contributed by atoms with Crippen molar-refractivity contribution < 1.29 is 10.2 Å². The Morgan fingerprint density at radius 2 is 1.71 bits per heavy atom. The molecule has 0 aromatic heterocycles. The molecule has 0 heterocycles. The van der Waals surface area contributed by atoms with Gasteiger partial charge in [-0.3, -0.25) is 0 Å². The number of aliphatic hydroxyl groups is 2. The van der Waals surface area contributed by atoms with Crippen molar-refractivity contribution in [3.05, 3.63) is 0 Å². The molecule has 0 aromatic rings. The Morgan fingerprint density at radius 1 is 1.06 bits per heavy atom. The van der Waals surface area contributed by atoms with Gasteiger partial charge in [-0.1, -0.05) is 27.2 Å². The van der Waals surface area contributed by atoms with Crippen LogP contribution in [0.5, 0.6) is 0 Å². The average molecular weight is 245 g/mol. The zero-order chi connectivity index (χ0) is 13.1. The fourth-order valence-electron chi connectivity index (χ4n) is 2.26. The van der Waals surface area contributed by atoms with E-state index in [2.05, 4.69) is 26.1 Å². The van der Waals surface area contributed by atoms with Gasteiger partial charge in [0.25, 0.3) is 0 Å². The number of hydrogen-bond donors (Lipinski definition) is 3. The molecule has 0 aromatic carbocycles. The van der Waals surface area contributed by atoms with Crippen LogP contribution in [0.4, 0.5) is 0 Å². The van der Waals surface area contributed by atoms with Gasteiger partial charge < -0.3 is 15.5 Å². The van der Waals surface area contributed by atoms with Crippen LogP contribution in [0.2, 0.25) is 0 Å². The van der Waals surface area contributed by atoms with Crippen LogP contribution >= 0.6 is 0 Å². The van der Waals surface area contributed by atoms with Crippen molar-refractivity contribution >= 4 is 0 Å². The van der Waals surface area contributed by atoms with E-state index >= 15 is 0 Å². The van der Waals surface area contributed by atoms with E-state index in [4.69, 9.17) is 5.11 Å².